The van der Waals surface area contributed by atoms with Gasteiger partial charge in [0.1, 0.15) is 11.5 Å². The number of ether oxygens (including phenoxy) is 1. The molecule has 0 bridgehead atoms. The van der Waals surface area contributed by atoms with Crippen LogP contribution >= 0.6 is 0 Å². The Morgan fingerprint density at radius 1 is 1.58 bits per heavy atom. The van der Waals surface area contributed by atoms with Crippen LogP contribution < -0.4 is 10.6 Å². The van der Waals surface area contributed by atoms with Gasteiger partial charge in [-0.2, -0.15) is 0 Å². The van der Waals surface area contributed by atoms with Crippen molar-refractivity contribution >= 4 is 11.7 Å². The number of hydrogen-bond acceptors (Lipinski definition) is 5. The summed E-state index contributed by atoms with van der Waals surface area (Å²) >= 11 is 0. The quantitative estimate of drug-likeness (QED) is 0.854. The second-order valence-electron chi connectivity index (χ2n) is 4.95. The third kappa shape index (κ3) is 3.01. The monoisotopic (exact) mass is 264 g/mol. The molecule has 0 spiro atoms. The number of nitrogens with zero attached hydrogens (tertiary/aromatic N) is 2. The molecule has 0 aromatic carbocycles. The Balaban J connectivity index is 2.09. The summed E-state index contributed by atoms with van der Waals surface area (Å²) in [7, 11) is 0. The highest BCUT2D eigenvalue weighted by Crippen LogP contribution is 2.25. The van der Waals surface area contributed by atoms with Crippen LogP contribution in [0.25, 0.3) is 0 Å². The molecular weight excluding hydrogens is 244 g/mol. The lowest BCUT2D eigenvalue weighted by molar-refractivity contribution is 0.0724. The predicted molar refractivity (Wildman–Crippen MR) is 72.1 cm³/mol. The van der Waals surface area contributed by atoms with E-state index in [1.165, 1.54) is 6.20 Å². The first-order chi connectivity index (χ1) is 9.05. The number of carbonyl (C=O) groups is 1. The average Bonchev–Trinajstić information content (AvgIpc) is 2.70. The van der Waals surface area contributed by atoms with Crippen LogP contribution in [0, 0.1) is 0 Å². The summed E-state index contributed by atoms with van der Waals surface area (Å²) < 4.78 is 5.50. The molecule has 1 aliphatic heterocycles. The van der Waals surface area contributed by atoms with Gasteiger partial charge in [-0.25, -0.2) is 4.98 Å². The Hall–Kier alpha value is -1.69. The van der Waals surface area contributed by atoms with Crippen molar-refractivity contribution in [1.82, 2.24) is 15.3 Å². The summed E-state index contributed by atoms with van der Waals surface area (Å²) in [6, 6.07) is 0. The minimum atomic E-state index is -0.340. The van der Waals surface area contributed by atoms with Crippen LogP contribution in [0.5, 0.6) is 0 Å². The van der Waals surface area contributed by atoms with E-state index in [4.69, 9.17) is 4.74 Å². The third-order valence-electron chi connectivity index (χ3n) is 3.51. The van der Waals surface area contributed by atoms with Gasteiger partial charge in [0.2, 0.25) is 0 Å². The SMILES string of the molecule is CCNc1cncc(C(=O)NC2(C)CCOC2C)n1. The Morgan fingerprint density at radius 3 is 3.00 bits per heavy atom. The number of carbonyl (C=O) groups excluding carboxylic acids is 1. The molecule has 0 saturated carbocycles. The normalized spacial score (nSPS) is 26.2. The lowest BCUT2D eigenvalue weighted by Gasteiger charge is -2.28. The fraction of sp³-hybridized carbons (Fsp3) is 0.615. The Labute approximate surface area is 113 Å². The van der Waals surface area contributed by atoms with Crippen molar-refractivity contribution in [3.8, 4) is 0 Å². The van der Waals surface area contributed by atoms with Gasteiger partial charge in [0, 0.05) is 13.2 Å². The fourth-order valence-electron chi connectivity index (χ4n) is 2.06. The second kappa shape index (κ2) is 5.52. The molecule has 2 unspecified atom stereocenters. The van der Waals surface area contributed by atoms with Gasteiger partial charge < -0.3 is 15.4 Å². The van der Waals surface area contributed by atoms with Gasteiger partial charge in [0.05, 0.1) is 24.0 Å². The molecule has 0 radical (unpaired) electrons. The highest BCUT2D eigenvalue weighted by atomic mass is 16.5. The number of hydrogen-bond donors (Lipinski definition) is 2. The van der Waals surface area contributed by atoms with Gasteiger partial charge in [-0.3, -0.25) is 9.78 Å². The zero-order valence-corrected chi connectivity index (χ0v) is 11.6. The van der Waals surface area contributed by atoms with Crippen LogP contribution in [-0.4, -0.2) is 40.7 Å². The molecule has 2 atom stereocenters. The molecule has 6 heteroatoms. The minimum Gasteiger partial charge on any atom is -0.376 e. The molecule has 0 aliphatic carbocycles. The fourth-order valence-corrected chi connectivity index (χ4v) is 2.06. The predicted octanol–water partition coefficient (Wildman–Crippen LogP) is 1.21. The topological polar surface area (TPSA) is 76.1 Å². The zero-order chi connectivity index (χ0) is 13.9. The molecule has 1 aliphatic rings. The van der Waals surface area contributed by atoms with Crippen LogP contribution in [0.3, 0.4) is 0 Å². The van der Waals surface area contributed by atoms with Crippen LogP contribution in [0.15, 0.2) is 12.4 Å². The van der Waals surface area contributed by atoms with E-state index < -0.39 is 0 Å². The van der Waals surface area contributed by atoms with E-state index in [2.05, 4.69) is 20.6 Å². The van der Waals surface area contributed by atoms with E-state index >= 15 is 0 Å². The summed E-state index contributed by atoms with van der Waals surface area (Å²) in [5, 5.41) is 6.03. The molecule has 1 saturated heterocycles. The highest BCUT2D eigenvalue weighted by molar-refractivity contribution is 5.92. The number of nitrogens with one attached hydrogen (secondary N) is 2. The van der Waals surface area contributed by atoms with Crippen LogP contribution in [0.2, 0.25) is 0 Å². The van der Waals surface area contributed by atoms with Crippen molar-refractivity contribution in [3.63, 3.8) is 0 Å². The van der Waals surface area contributed by atoms with Crippen molar-refractivity contribution in [2.45, 2.75) is 38.8 Å². The smallest absolute Gasteiger partial charge is 0.272 e. The molecule has 2 rings (SSSR count). The van der Waals surface area contributed by atoms with E-state index in [1.54, 1.807) is 6.20 Å². The van der Waals surface area contributed by atoms with E-state index in [1.807, 2.05) is 20.8 Å². The summed E-state index contributed by atoms with van der Waals surface area (Å²) in [5.41, 5.74) is -0.0220. The first-order valence-corrected chi connectivity index (χ1v) is 6.55. The molecule has 6 nitrogen and oxygen atoms in total. The summed E-state index contributed by atoms with van der Waals surface area (Å²) in [6.07, 6.45) is 3.88. The Kier molecular flexibility index (Phi) is 3.99. The van der Waals surface area contributed by atoms with Gasteiger partial charge in [-0.15, -0.1) is 0 Å². The third-order valence-corrected chi connectivity index (χ3v) is 3.51. The Bertz CT molecular complexity index is 466. The summed E-state index contributed by atoms with van der Waals surface area (Å²) in [6.45, 7) is 7.33. The lowest BCUT2D eigenvalue weighted by atomic mass is 9.94. The second-order valence-corrected chi connectivity index (χ2v) is 4.95. The average molecular weight is 264 g/mol. The number of rotatable bonds is 4. The molecule has 1 fully saturated rings. The minimum absolute atomic E-state index is 0.00126. The summed E-state index contributed by atoms with van der Waals surface area (Å²) in [5.74, 6) is 0.392. The van der Waals surface area contributed by atoms with Crippen LogP contribution in [0.4, 0.5) is 5.82 Å². The maximum absolute atomic E-state index is 12.2. The van der Waals surface area contributed by atoms with Gasteiger partial charge in [-0.1, -0.05) is 0 Å². The largest absolute Gasteiger partial charge is 0.376 e. The van der Waals surface area contributed by atoms with Crippen molar-refractivity contribution in [1.29, 1.82) is 0 Å². The van der Waals surface area contributed by atoms with Crippen molar-refractivity contribution < 1.29 is 9.53 Å². The summed E-state index contributed by atoms with van der Waals surface area (Å²) in [4.78, 5) is 20.5. The van der Waals surface area contributed by atoms with E-state index in [-0.39, 0.29) is 17.6 Å². The first kappa shape index (κ1) is 13.7. The molecule has 1 amide bonds. The molecule has 2 N–H and O–H groups in total. The molecular formula is C13H20N4O2. The maximum Gasteiger partial charge on any atom is 0.272 e. The number of amides is 1. The van der Waals surface area contributed by atoms with E-state index in [0.717, 1.165) is 13.0 Å². The standard InChI is InChI=1S/C13H20N4O2/c1-4-15-11-8-14-7-10(16-11)12(18)17-13(3)5-6-19-9(13)2/h7-9H,4-6H2,1-3H3,(H,15,16)(H,17,18). The van der Waals surface area contributed by atoms with Crippen LogP contribution in [-0.2, 0) is 4.74 Å². The van der Waals surface area contributed by atoms with E-state index in [0.29, 0.717) is 18.1 Å². The van der Waals surface area contributed by atoms with Gasteiger partial charge in [0.25, 0.3) is 5.91 Å². The van der Waals surface area contributed by atoms with Gasteiger partial charge in [0.15, 0.2) is 0 Å². The number of anilines is 1. The van der Waals surface area contributed by atoms with E-state index in [9.17, 15) is 4.79 Å². The molecule has 2 heterocycles. The van der Waals surface area contributed by atoms with Crippen LogP contribution in [0.1, 0.15) is 37.7 Å². The zero-order valence-electron chi connectivity index (χ0n) is 11.6. The van der Waals surface area contributed by atoms with Gasteiger partial charge >= 0.3 is 0 Å². The van der Waals surface area contributed by atoms with Crippen molar-refractivity contribution in [2.24, 2.45) is 0 Å². The molecule has 104 valence electrons. The first-order valence-electron chi connectivity index (χ1n) is 6.55. The van der Waals surface area contributed by atoms with Crippen molar-refractivity contribution in [3.05, 3.63) is 18.1 Å². The lowest BCUT2D eigenvalue weighted by Crippen LogP contribution is -2.50. The number of aromatic nitrogens is 2. The van der Waals surface area contributed by atoms with Crippen molar-refractivity contribution in [2.75, 3.05) is 18.5 Å². The molecule has 1 aromatic heterocycles. The van der Waals surface area contributed by atoms with Gasteiger partial charge in [-0.05, 0) is 27.2 Å². The Morgan fingerprint density at radius 2 is 2.37 bits per heavy atom. The highest BCUT2D eigenvalue weighted by Gasteiger charge is 2.38. The molecule has 19 heavy (non-hydrogen) atoms. The maximum atomic E-state index is 12.2. The molecule has 1 aromatic rings.